The van der Waals surface area contributed by atoms with E-state index in [0.717, 1.165) is 11.3 Å². The number of nitrogens with two attached hydrogens (primary N) is 1. The number of carbonyl (C=O) groups is 2. The molecule has 2 amide bonds. The number of nitrogens with one attached hydrogen (secondary N) is 1. The summed E-state index contributed by atoms with van der Waals surface area (Å²) in [6.07, 6.45) is 0.134. The molecule has 0 saturated carbocycles. The highest BCUT2D eigenvalue weighted by atomic mass is 32.2. The summed E-state index contributed by atoms with van der Waals surface area (Å²) >= 11 is 0. The van der Waals surface area contributed by atoms with E-state index in [2.05, 4.69) is 5.32 Å². The topological polar surface area (TPSA) is 110 Å². The Kier molecular flexibility index (Phi) is 4.80. The monoisotopic (exact) mass is 373 g/mol. The molecule has 1 saturated heterocycles. The van der Waals surface area contributed by atoms with Crippen LogP contribution in [0.3, 0.4) is 0 Å². The van der Waals surface area contributed by atoms with Gasteiger partial charge in [0.05, 0.1) is 10.8 Å². The number of hydrogen-bond donors (Lipinski definition) is 2. The smallest absolute Gasteiger partial charge is 0.238 e. The summed E-state index contributed by atoms with van der Waals surface area (Å²) in [4.78, 5) is 26.3. The quantitative estimate of drug-likeness (QED) is 0.849. The van der Waals surface area contributed by atoms with E-state index in [1.807, 2.05) is 31.2 Å². The van der Waals surface area contributed by atoms with Gasteiger partial charge >= 0.3 is 0 Å². The molecule has 0 spiro atoms. The Morgan fingerprint density at radius 2 is 1.88 bits per heavy atom. The third kappa shape index (κ3) is 3.92. The second-order valence-corrected chi connectivity index (χ2v) is 7.86. The zero-order valence-electron chi connectivity index (χ0n) is 14.2. The van der Waals surface area contributed by atoms with Crippen molar-refractivity contribution < 1.29 is 18.0 Å². The van der Waals surface area contributed by atoms with Crippen LogP contribution in [0.5, 0.6) is 0 Å². The van der Waals surface area contributed by atoms with Crippen LogP contribution in [0.2, 0.25) is 0 Å². The molecular weight excluding hydrogens is 354 g/mol. The third-order valence-electron chi connectivity index (χ3n) is 4.26. The molecule has 1 heterocycles. The van der Waals surface area contributed by atoms with Gasteiger partial charge in [-0.3, -0.25) is 9.59 Å². The van der Waals surface area contributed by atoms with Crippen LogP contribution >= 0.6 is 0 Å². The number of anilines is 2. The fourth-order valence-corrected chi connectivity index (χ4v) is 3.42. The van der Waals surface area contributed by atoms with Crippen LogP contribution in [0.4, 0.5) is 11.4 Å². The minimum absolute atomic E-state index is 0.0304. The number of nitrogens with zero attached hydrogens (tertiary/aromatic N) is 1. The van der Waals surface area contributed by atoms with E-state index < -0.39 is 15.9 Å². The van der Waals surface area contributed by atoms with Crippen molar-refractivity contribution in [2.75, 3.05) is 16.8 Å². The van der Waals surface area contributed by atoms with Crippen molar-refractivity contribution >= 4 is 33.2 Å². The van der Waals surface area contributed by atoms with E-state index in [1.165, 1.54) is 24.3 Å². The first-order chi connectivity index (χ1) is 12.2. The van der Waals surface area contributed by atoms with Gasteiger partial charge in [-0.15, -0.1) is 0 Å². The Hall–Kier alpha value is -2.71. The van der Waals surface area contributed by atoms with Gasteiger partial charge in [0.1, 0.15) is 0 Å². The van der Waals surface area contributed by atoms with Gasteiger partial charge in [0, 0.05) is 24.3 Å². The lowest BCUT2D eigenvalue weighted by Crippen LogP contribution is -2.28. The molecule has 2 aromatic rings. The van der Waals surface area contributed by atoms with Crippen LogP contribution in [0.1, 0.15) is 12.0 Å². The average molecular weight is 373 g/mol. The molecule has 1 unspecified atom stereocenters. The first-order valence-electron chi connectivity index (χ1n) is 8.05. The Labute approximate surface area is 151 Å². The minimum atomic E-state index is -3.78. The maximum Gasteiger partial charge on any atom is 0.238 e. The number of aryl methyl sites for hydroxylation is 1. The second kappa shape index (κ2) is 6.89. The van der Waals surface area contributed by atoms with Crippen LogP contribution in [0.15, 0.2) is 53.4 Å². The maximum atomic E-state index is 12.5. The van der Waals surface area contributed by atoms with E-state index in [1.54, 1.807) is 4.90 Å². The number of benzene rings is 2. The first-order valence-corrected chi connectivity index (χ1v) is 9.59. The summed E-state index contributed by atoms with van der Waals surface area (Å²) in [6.45, 7) is 2.25. The molecule has 0 bridgehead atoms. The second-order valence-electron chi connectivity index (χ2n) is 6.30. The number of rotatable bonds is 4. The van der Waals surface area contributed by atoms with Crippen molar-refractivity contribution in [3.8, 4) is 0 Å². The lowest BCUT2D eigenvalue weighted by molar-refractivity contribution is -0.122. The largest absolute Gasteiger partial charge is 0.326 e. The van der Waals surface area contributed by atoms with E-state index >= 15 is 0 Å². The van der Waals surface area contributed by atoms with Gasteiger partial charge in [-0.1, -0.05) is 12.1 Å². The lowest BCUT2D eigenvalue weighted by atomic mass is 10.1. The molecule has 1 fully saturated rings. The van der Waals surface area contributed by atoms with Gasteiger partial charge in [0.2, 0.25) is 21.8 Å². The van der Waals surface area contributed by atoms with Crippen LogP contribution in [-0.4, -0.2) is 26.8 Å². The highest BCUT2D eigenvalue weighted by Crippen LogP contribution is 2.26. The summed E-state index contributed by atoms with van der Waals surface area (Å²) in [5.41, 5.74) is 2.27. The van der Waals surface area contributed by atoms with E-state index in [4.69, 9.17) is 5.14 Å². The van der Waals surface area contributed by atoms with Crippen LogP contribution in [0, 0.1) is 12.8 Å². The minimum Gasteiger partial charge on any atom is -0.326 e. The zero-order chi connectivity index (χ0) is 18.9. The lowest BCUT2D eigenvalue weighted by Gasteiger charge is -2.17. The molecule has 0 radical (unpaired) electrons. The number of hydrogen-bond acceptors (Lipinski definition) is 4. The normalized spacial score (nSPS) is 17.4. The van der Waals surface area contributed by atoms with Crippen molar-refractivity contribution in [3.63, 3.8) is 0 Å². The summed E-state index contributed by atoms with van der Waals surface area (Å²) in [5.74, 6) is -0.849. The van der Waals surface area contributed by atoms with Crippen LogP contribution in [-0.2, 0) is 19.6 Å². The SMILES string of the molecule is Cc1cccc(N2CC(C(=O)Nc3ccc(S(N)(=O)=O)cc3)CC2=O)c1. The molecule has 3 N–H and O–H groups in total. The van der Waals surface area contributed by atoms with Crippen molar-refractivity contribution in [1.82, 2.24) is 0 Å². The molecular formula is C18H19N3O4S. The molecule has 8 heteroatoms. The Bertz CT molecular complexity index is 955. The molecule has 2 aromatic carbocycles. The predicted molar refractivity (Wildman–Crippen MR) is 98.1 cm³/mol. The molecule has 1 aliphatic rings. The van der Waals surface area contributed by atoms with E-state index in [0.29, 0.717) is 12.2 Å². The Balaban J connectivity index is 1.68. The summed E-state index contributed by atoms with van der Waals surface area (Å²) in [7, 11) is -3.78. The van der Waals surface area contributed by atoms with E-state index in [9.17, 15) is 18.0 Å². The van der Waals surface area contributed by atoms with Gasteiger partial charge in [-0.2, -0.15) is 0 Å². The Morgan fingerprint density at radius 1 is 1.19 bits per heavy atom. The van der Waals surface area contributed by atoms with Gasteiger partial charge < -0.3 is 10.2 Å². The third-order valence-corrected chi connectivity index (χ3v) is 5.19. The molecule has 1 aliphatic heterocycles. The van der Waals surface area contributed by atoms with Crippen LogP contribution in [0.25, 0.3) is 0 Å². The van der Waals surface area contributed by atoms with Crippen molar-refractivity contribution in [2.24, 2.45) is 11.1 Å². The molecule has 3 rings (SSSR count). The number of sulfonamides is 1. The standard InChI is InChI=1S/C18H19N3O4S/c1-12-3-2-4-15(9-12)21-11-13(10-17(21)22)18(23)20-14-5-7-16(8-6-14)26(19,24)25/h2-9,13H,10-11H2,1H3,(H,20,23)(H2,19,24,25). The number of primary sulfonamides is 1. The summed E-state index contributed by atoms with van der Waals surface area (Å²) < 4.78 is 22.5. The fourth-order valence-electron chi connectivity index (χ4n) is 2.90. The fraction of sp³-hybridized carbons (Fsp3) is 0.222. The highest BCUT2D eigenvalue weighted by Gasteiger charge is 2.35. The van der Waals surface area contributed by atoms with Crippen LogP contribution < -0.4 is 15.4 Å². The molecule has 0 aromatic heterocycles. The number of amides is 2. The van der Waals surface area contributed by atoms with E-state index in [-0.39, 0.29) is 23.1 Å². The van der Waals surface area contributed by atoms with Gasteiger partial charge in [0.15, 0.2) is 0 Å². The Morgan fingerprint density at radius 3 is 2.50 bits per heavy atom. The highest BCUT2D eigenvalue weighted by molar-refractivity contribution is 7.89. The molecule has 1 atom stereocenters. The van der Waals surface area contributed by atoms with Gasteiger partial charge in [-0.25, -0.2) is 13.6 Å². The summed E-state index contributed by atoms with van der Waals surface area (Å²) in [6, 6.07) is 13.1. The average Bonchev–Trinajstić information content (AvgIpc) is 2.96. The van der Waals surface area contributed by atoms with Crippen molar-refractivity contribution in [3.05, 3.63) is 54.1 Å². The predicted octanol–water partition coefficient (Wildman–Crippen LogP) is 1.63. The van der Waals surface area contributed by atoms with Gasteiger partial charge in [0.25, 0.3) is 0 Å². The first kappa shape index (κ1) is 18.1. The maximum absolute atomic E-state index is 12.5. The van der Waals surface area contributed by atoms with Gasteiger partial charge in [-0.05, 0) is 48.9 Å². The van der Waals surface area contributed by atoms with Crippen molar-refractivity contribution in [1.29, 1.82) is 0 Å². The molecule has 0 aliphatic carbocycles. The van der Waals surface area contributed by atoms with Crippen molar-refractivity contribution in [2.45, 2.75) is 18.2 Å². The zero-order valence-corrected chi connectivity index (χ0v) is 15.0. The summed E-state index contributed by atoms with van der Waals surface area (Å²) in [5, 5.41) is 7.76. The number of carbonyl (C=O) groups excluding carboxylic acids is 2. The molecule has 7 nitrogen and oxygen atoms in total. The molecule has 26 heavy (non-hydrogen) atoms. The molecule has 136 valence electrons.